The van der Waals surface area contributed by atoms with Crippen molar-refractivity contribution in [1.82, 2.24) is 0 Å². The van der Waals surface area contributed by atoms with E-state index in [0.717, 1.165) is 11.1 Å². The Kier molecular flexibility index (Phi) is 4.42. The molecule has 1 nitrogen and oxygen atoms in total. The first-order chi connectivity index (χ1) is 9.10. The lowest BCUT2D eigenvalue weighted by Crippen LogP contribution is -2.17. The SMILES string of the molecule is CC(C)(C)c1cc(C2SCCS2)c(O)c(C(C)(C)C)c1. The Hall–Kier alpha value is -0.280. The summed E-state index contributed by atoms with van der Waals surface area (Å²) in [7, 11) is 0. The largest absolute Gasteiger partial charge is 0.507 e. The van der Waals surface area contributed by atoms with E-state index in [1.807, 2.05) is 23.5 Å². The molecule has 1 aliphatic heterocycles. The van der Waals surface area contributed by atoms with Gasteiger partial charge in [-0.25, -0.2) is 0 Å². The molecule has 3 heteroatoms. The molecule has 1 fully saturated rings. The van der Waals surface area contributed by atoms with Crippen LogP contribution in [0.15, 0.2) is 12.1 Å². The zero-order chi connectivity index (χ0) is 15.1. The molecule has 0 saturated carbocycles. The maximum absolute atomic E-state index is 10.7. The first kappa shape index (κ1) is 16.1. The third-order valence-electron chi connectivity index (χ3n) is 3.69. The van der Waals surface area contributed by atoms with Gasteiger partial charge in [0.25, 0.3) is 0 Å². The van der Waals surface area contributed by atoms with Crippen molar-refractivity contribution in [3.63, 3.8) is 0 Å². The van der Waals surface area contributed by atoms with Gasteiger partial charge in [0, 0.05) is 17.1 Å². The van der Waals surface area contributed by atoms with Crippen LogP contribution in [0.4, 0.5) is 0 Å². The first-order valence-electron chi connectivity index (χ1n) is 7.22. The second-order valence-corrected chi connectivity index (χ2v) is 10.3. The smallest absolute Gasteiger partial charge is 0.124 e. The second-order valence-electron chi connectivity index (χ2n) is 7.54. The Balaban J connectivity index is 2.60. The van der Waals surface area contributed by atoms with E-state index in [-0.39, 0.29) is 10.8 Å². The van der Waals surface area contributed by atoms with Gasteiger partial charge in [0.1, 0.15) is 5.75 Å². The predicted molar refractivity (Wildman–Crippen MR) is 93.2 cm³/mol. The molecule has 0 unspecified atom stereocenters. The van der Waals surface area contributed by atoms with Crippen LogP contribution < -0.4 is 0 Å². The van der Waals surface area contributed by atoms with Gasteiger partial charge in [-0.3, -0.25) is 0 Å². The van der Waals surface area contributed by atoms with Crippen molar-refractivity contribution in [1.29, 1.82) is 0 Å². The van der Waals surface area contributed by atoms with E-state index < -0.39 is 0 Å². The van der Waals surface area contributed by atoms with E-state index in [2.05, 4.69) is 53.7 Å². The molecule has 0 radical (unpaired) electrons. The number of rotatable bonds is 1. The van der Waals surface area contributed by atoms with E-state index in [1.54, 1.807) is 0 Å². The maximum Gasteiger partial charge on any atom is 0.124 e. The van der Waals surface area contributed by atoms with E-state index in [1.165, 1.54) is 17.1 Å². The fraction of sp³-hybridized carbons (Fsp3) is 0.647. The standard InChI is InChI=1S/C17H26OS2/c1-16(2,3)11-9-12(15-19-7-8-20-15)14(18)13(10-11)17(4,5)6/h9-10,15,18H,7-8H2,1-6H3. The minimum absolute atomic E-state index is 0.0337. The van der Waals surface area contributed by atoms with Crippen molar-refractivity contribution >= 4 is 23.5 Å². The van der Waals surface area contributed by atoms with E-state index in [4.69, 9.17) is 0 Å². The number of aromatic hydroxyl groups is 1. The van der Waals surface area contributed by atoms with Crippen LogP contribution in [-0.2, 0) is 10.8 Å². The Labute approximate surface area is 131 Å². The van der Waals surface area contributed by atoms with Crippen molar-refractivity contribution in [2.75, 3.05) is 11.5 Å². The molecule has 1 aliphatic rings. The number of phenols is 1. The molecule has 112 valence electrons. The van der Waals surface area contributed by atoms with Gasteiger partial charge >= 0.3 is 0 Å². The van der Waals surface area contributed by atoms with Crippen molar-refractivity contribution in [3.8, 4) is 5.75 Å². The highest BCUT2D eigenvalue weighted by molar-refractivity contribution is 8.19. The van der Waals surface area contributed by atoms with Gasteiger partial charge < -0.3 is 5.11 Å². The lowest BCUT2D eigenvalue weighted by molar-refractivity contribution is 0.440. The molecule has 1 aromatic rings. The summed E-state index contributed by atoms with van der Waals surface area (Å²) < 4.78 is 0.387. The van der Waals surface area contributed by atoms with Crippen LogP contribution in [0, 0.1) is 0 Å². The number of hydrogen-bond donors (Lipinski definition) is 1. The predicted octanol–water partition coefficient (Wildman–Crippen LogP) is 5.47. The van der Waals surface area contributed by atoms with E-state index in [0.29, 0.717) is 10.3 Å². The topological polar surface area (TPSA) is 20.2 Å². The highest BCUT2D eigenvalue weighted by Gasteiger charge is 2.29. The van der Waals surface area contributed by atoms with Crippen molar-refractivity contribution in [3.05, 3.63) is 28.8 Å². The van der Waals surface area contributed by atoms with Crippen LogP contribution in [0.2, 0.25) is 0 Å². The molecule has 2 rings (SSSR count). The molecular weight excluding hydrogens is 284 g/mol. The summed E-state index contributed by atoms with van der Waals surface area (Å²) in [5, 5.41) is 10.7. The Morgan fingerprint density at radius 2 is 1.50 bits per heavy atom. The van der Waals surface area contributed by atoms with Crippen LogP contribution in [0.5, 0.6) is 5.75 Å². The van der Waals surface area contributed by atoms with Gasteiger partial charge in [0.2, 0.25) is 0 Å². The third kappa shape index (κ3) is 3.30. The molecule has 1 N–H and O–H groups in total. The number of thioether (sulfide) groups is 2. The molecule has 20 heavy (non-hydrogen) atoms. The molecule has 0 aromatic heterocycles. The summed E-state index contributed by atoms with van der Waals surface area (Å²) in [6.07, 6.45) is 0. The minimum atomic E-state index is -0.0337. The summed E-state index contributed by atoms with van der Waals surface area (Å²) in [5.41, 5.74) is 3.59. The summed E-state index contributed by atoms with van der Waals surface area (Å²) >= 11 is 3.90. The molecule has 1 heterocycles. The Morgan fingerprint density at radius 3 is 1.95 bits per heavy atom. The number of phenolic OH excluding ortho intramolecular Hbond substituents is 1. The molecule has 0 amide bonds. The van der Waals surface area contributed by atoms with Crippen molar-refractivity contribution in [2.45, 2.75) is 57.0 Å². The fourth-order valence-corrected chi connectivity index (χ4v) is 5.26. The van der Waals surface area contributed by atoms with Crippen molar-refractivity contribution < 1.29 is 5.11 Å². The minimum Gasteiger partial charge on any atom is -0.507 e. The van der Waals surface area contributed by atoms with Gasteiger partial charge in [-0.1, -0.05) is 47.6 Å². The normalized spacial score (nSPS) is 17.7. The average molecular weight is 311 g/mol. The molecule has 1 saturated heterocycles. The summed E-state index contributed by atoms with van der Waals surface area (Å²) in [5.74, 6) is 2.87. The van der Waals surface area contributed by atoms with Crippen LogP contribution in [0.3, 0.4) is 0 Å². The molecule has 0 spiro atoms. The monoisotopic (exact) mass is 310 g/mol. The first-order valence-corrected chi connectivity index (χ1v) is 9.31. The second kappa shape index (κ2) is 5.49. The number of hydrogen-bond acceptors (Lipinski definition) is 3. The van der Waals surface area contributed by atoms with Crippen LogP contribution in [-0.4, -0.2) is 16.6 Å². The summed E-state index contributed by atoms with van der Waals surface area (Å²) in [4.78, 5) is 0. The molecular formula is C17H26OS2. The lowest BCUT2D eigenvalue weighted by Gasteiger charge is -2.28. The quantitative estimate of drug-likeness (QED) is 0.743. The number of benzene rings is 1. The van der Waals surface area contributed by atoms with Crippen LogP contribution in [0.1, 0.15) is 62.8 Å². The maximum atomic E-state index is 10.7. The zero-order valence-corrected chi connectivity index (χ0v) is 15.0. The summed E-state index contributed by atoms with van der Waals surface area (Å²) in [6, 6.07) is 4.42. The highest BCUT2D eigenvalue weighted by atomic mass is 32.2. The van der Waals surface area contributed by atoms with Gasteiger partial charge in [-0.15, -0.1) is 23.5 Å². The van der Waals surface area contributed by atoms with E-state index in [9.17, 15) is 5.11 Å². The van der Waals surface area contributed by atoms with Crippen LogP contribution >= 0.6 is 23.5 Å². The zero-order valence-electron chi connectivity index (χ0n) is 13.4. The Morgan fingerprint density at radius 1 is 0.950 bits per heavy atom. The Bertz CT molecular complexity index is 489. The fourth-order valence-electron chi connectivity index (χ4n) is 2.38. The van der Waals surface area contributed by atoms with Gasteiger partial charge in [-0.05, 0) is 28.0 Å². The molecule has 1 aromatic carbocycles. The highest BCUT2D eigenvalue weighted by Crippen LogP contribution is 2.51. The molecule has 0 aliphatic carbocycles. The van der Waals surface area contributed by atoms with E-state index >= 15 is 0 Å². The lowest BCUT2D eigenvalue weighted by atomic mass is 9.79. The summed E-state index contributed by atoms with van der Waals surface area (Å²) in [6.45, 7) is 13.2. The van der Waals surface area contributed by atoms with Crippen molar-refractivity contribution in [2.24, 2.45) is 0 Å². The van der Waals surface area contributed by atoms with Gasteiger partial charge in [0.15, 0.2) is 0 Å². The van der Waals surface area contributed by atoms with Crippen LogP contribution in [0.25, 0.3) is 0 Å². The molecule has 0 atom stereocenters. The molecule has 0 bridgehead atoms. The van der Waals surface area contributed by atoms with Gasteiger partial charge in [-0.2, -0.15) is 0 Å². The van der Waals surface area contributed by atoms with Gasteiger partial charge in [0.05, 0.1) is 4.58 Å². The third-order valence-corrected chi connectivity index (χ3v) is 6.76. The average Bonchev–Trinajstić information content (AvgIpc) is 2.79.